The zero-order valence-electron chi connectivity index (χ0n) is 36.3. The van der Waals surface area contributed by atoms with Crippen molar-refractivity contribution < 1.29 is 37.0 Å². The van der Waals surface area contributed by atoms with Gasteiger partial charge in [0.15, 0.2) is 5.82 Å². The van der Waals surface area contributed by atoms with E-state index in [1.165, 1.54) is 17.0 Å². The molecule has 3 aromatic rings. The highest BCUT2D eigenvalue weighted by Crippen LogP contribution is 2.43. The number of ether oxygens (including phenoxy) is 2. The number of amides is 3. The Bertz CT molecular complexity index is 2460. The molecule has 9 rings (SSSR count). The number of likely N-dealkylation sites (tertiary alicyclic amines) is 1. The fourth-order valence-corrected chi connectivity index (χ4v) is 10.5. The number of imidazole rings is 1. The second-order valence-electron chi connectivity index (χ2n) is 18.3. The number of nitrogens with zero attached hydrogens (tertiary/aromatic N) is 7. The Morgan fingerprint density at radius 3 is 2.58 bits per heavy atom. The van der Waals surface area contributed by atoms with Crippen LogP contribution in [0, 0.1) is 5.92 Å². The number of para-hydroxylation sites is 1. The number of benzene rings is 1. The number of morpholine rings is 1. The van der Waals surface area contributed by atoms with Crippen LogP contribution in [-0.2, 0) is 30.9 Å². The lowest BCUT2D eigenvalue weighted by molar-refractivity contribution is -0.135. The van der Waals surface area contributed by atoms with Gasteiger partial charge in [-0.25, -0.2) is 27.9 Å². The number of imide groups is 1. The standard InChI is InChI=1S/C45H56F3N11O6/c1-56-40-30(3-2-4-34(40)59(45(56)63)35-9-10-38(60)55-44(35)62)25-15-28(16-25)65-36-12-14-57(22-32(36)46)20-24-5-7-26(8-6-24)52-19-33(39(50)41(47)48)53-43(61)31(18-49)42-51-13-11-37(54-42)58-21-29-17-27(58)23-64-29/h2-4,11,13,18-19,24-29,32,35-36,41H,5-10,12,14-17,20-23,49-50H2,1H3,(H,53,61)(H,55,60,62)/b31-18+,39-33+,52-19?/t24?,25?,26?,27-,28?,29-,32-,35?,36+/m1/s1. The number of aryl methyl sites for hydroxylation is 1. The van der Waals surface area contributed by atoms with Gasteiger partial charge in [0.1, 0.15) is 23.7 Å². The third-order valence-corrected chi connectivity index (χ3v) is 14.2. The molecule has 6 aliphatic rings. The van der Waals surface area contributed by atoms with Crippen LogP contribution in [0.2, 0.25) is 0 Å². The molecule has 2 aromatic heterocycles. The second-order valence-corrected chi connectivity index (χ2v) is 18.3. The lowest BCUT2D eigenvalue weighted by Gasteiger charge is -2.42. The minimum Gasteiger partial charge on any atom is -0.404 e. The van der Waals surface area contributed by atoms with Gasteiger partial charge in [-0.3, -0.25) is 38.7 Å². The molecule has 0 spiro atoms. The Labute approximate surface area is 373 Å². The van der Waals surface area contributed by atoms with Crippen LogP contribution in [0.4, 0.5) is 19.0 Å². The number of carbonyl (C=O) groups excluding carboxylic acids is 3. The fourth-order valence-electron chi connectivity index (χ4n) is 10.5. The summed E-state index contributed by atoms with van der Waals surface area (Å²) in [4.78, 5) is 68.8. The van der Waals surface area contributed by atoms with Gasteiger partial charge in [0.05, 0.1) is 59.3 Å². The van der Waals surface area contributed by atoms with Crippen molar-refractivity contribution in [3.63, 3.8) is 0 Å². The predicted molar refractivity (Wildman–Crippen MR) is 234 cm³/mol. The van der Waals surface area contributed by atoms with E-state index in [9.17, 15) is 28.0 Å². The van der Waals surface area contributed by atoms with Crippen LogP contribution in [0.5, 0.6) is 0 Å². The average Bonchev–Trinajstić information content (AvgIpc) is 3.99. The molecular weight excluding hydrogens is 848 g/mol. The number of halogens is 3. The summed E-state index contributed by atoms with van der Waals surface area (Å²) >= 11 is 0. The number of anilines is 1. The zero-order chi connectivity index (χ0) is 45.5. The molecule has 6 fully saturated rings. The van der Waals surface area contributed by atoms with E-state index >= 15 is 4.39 Å². The summed E-state index contributed by atoms with van der Waals surface area (Å²) in [6.45, 7) is 2.98. The van der Waals surface area contributed by atoms with E-state index in [1.807, 2.05) is 18.2 Å². The molecule has 20 heteroatoms. The maximum Gasteiger partial charge on any atom is 0.329 e. The molecule has 1 aromatic carbocycles. The summed E-state index contributed by atoms with van der Waals surface area (Å²) in [6.07, 6.45) is 5.40. The summed E-state index contributed by atoms with van der Waals surface area (Å²) in [5, 5.41) is 4.82. The molecule has 6 heterocycles. The van der Waals surface area contributed by atoms with Crippen molar-refractivity contribution in [2.45, 2.75) is 119 Å². The van der Waals surface area contributed by atoms with E-state index in [-0.39, 0.29) is 78.3 Å². The number of rotatable bonds is 13. The van der Waals surface area contributed by atoms with Crippen molar-refractivity contribution in [2.24, 2.45) is 29.4 Å². The van der Waals surface area contributed by atoms with Crippen LogP contribution in [-0.4, -0.2) is 124 Å². The number of hydrogen-bond donors (Lipinski definition) is 4. The third-order valence-electron chi connectivity index (χ3n) is 14.2. The van der Waals surface area contributed by atoms with Gasteiger partial charge < -0.3 is 31.2 Å². The zero-order valence-corrected chi connectivity index (χ0v) is 36.3. The fraction of sp³-hybridized carbons (Fsp3) is 0.578. The predicted octanol–water partition coefficient (Wildman–Crippen LogP) is 2.94. The topological polar surface area (TPSA) is 217 Å². The Kier molecular flexibility index (Phi) is 12.8. The number of nitrogens with two attached hydrogens (primary N) is 2. The van der Waals surface area contributed by atoms with E-state index in [0.29, 0.717) is 69.1 Å². The number of allylic oxidation sites excluding steroid dienone is 2. The van der Waals surface area contributed by atoms with E-state index in [2.05, 4.69) is 35.4 Å². The summed E-state index contributed by atoms with van der Waals surface area (Å²) in [7, 11) is 1.69. The number of aromatic nitrogens is 4. The Morgan fingerprint density at radius 2 is 1.89 bits per heavy atom. The highest BCUT2D eigenvalue weighted by atomic mass is 19.3. The van der Waals surface area contributed by atoms with Gasteiger partial charge in [-0.2, -0.15) is 0 Å². The Balaban J connectivity index is 0.736. The molecule has 348 valence electrons. The molecule has 4 aliphatic heterocycles. The van der Waals surface area contributed by atoms with Crippen molar-refractivity contribution in [2.75, 3.05) is 37.7 Å². The summed E-state index contributed by atoms with van der Waals surface area (Å²) in [5.41, 5.74) is 12.4. The van der Waals surface area contributed by atoms with Crippen molar-refractivity contribution in [3.05, 3.63) is 69.9 Å². The lowest BCUT2D eigenvalue weighted by atomic mass is 9.76. The maximum atomic E-state index is 15.7. The van der Waals surface area contributed by atoms with Crippen LogP contribution >= 0.6 is 0 Å². The number of aliphatic imine (C=N–C) groups is 1. The van der Waals surface area contributed by atoms with Crippen molar-refractivity contribution in [3.8, 4) is 0 Å². The second kappa shape index (κ2) is 18.7. The number of nitrogens with one attached hydrogen (secondary N) is 2. The molecule has 17 nitrogen and oxygen atoms in total. The molecule has 2 bridgehead atoms. The maximum absolute atomic E-state index is 15.7. The van der Waals surface area contributed by atoms with Gasteiger partial charge >= 0.3 is 5.69 Å². The van der Waals surface area contributed by atoms with Gasteiger partial charge in [-0.05, 0) is 87.3 Å². The van der Waals surface area contributed by atoms with Crippen molar-refractivity contribution in [1.82, 2.24) is 34.6 Å². The molecule has 0 radical (unpaired) electrons. The van der Waals surface area contributed by atoms with Crippen LogP contribution in [0.1, 0.15) is 87.6 Å². The highest BCUT2D eigenvalue weighted by molar-refractivity contribution is 6.19. The van der Waals surface area contributed by atoms with Crippen LogP contribution in [0.15, 0.2) is 57.8 Å². The monoisotopic (exact) mass is 903 g/mol. The normalized spacial score (nSPS) is 30.3. The number of fused-ring (bicyclic) bond motifs is 3. The molecule has 5 atom stereocenters. The first-order valence-corrected chi connectivity index (χ1v) is 22.7. The van der Waals surface area contributed by atoms with Crippen LogP contribution < -0.4 is 32.7 Å². The van der Waals surface area contributed by atoms with E-state index in [4.69, 9.17) is 20.9 Å². The summed E-state index contributed by atoms with van der Waals surface area (Å²) in [5.74, 6) is -0.520. The lowest BCUT2D eigenvalue weighted by Crippen LogP contribution is -2.49. The first-order chi connectivity index (χ1) is 31.3. The van der Waals surface area contributed by atoms with Gasteiger partial charge in [-0.1, -0.05) is 12.1 Å². The molecule has 6 N–H and O–H groups in total. The molecule has 2 aliphatic carbocycles. The number of carbonyl (C=O) groups is 3. The van der Waals surface area contributed by atoms with Crippen molar-refractivity contribution in [1.29, 1.82) is 0 Å². The highest BCUT2D eigenvalue weighted by Gasteiger charge is 2.41. The minimum atomic E-state index is -3.04. The number of hydrogen-bond acceptors (Lipinski definition) is 13. The van der Waals surface area contributed by atoms with E-state index in [1.54, 1.807) is 17.7 Å². The number of piperidine rings is 2. The number of alkyl halides is 3. The Hall–Kier alpha value is -5.60. The minimum absolute atomic E-state index is 0.0444. The molecular formula is C45H56F3N11O6. The molecule has 1 unspecified atom stereocenters. The van der Waals surface area contributed by atoms with Crippen LogP contribution in [0.3, 0.4) is 0 Å². The molecule has 3 amide bonds. The largest absolute Gasteiger partial charge is 0.404 e. The van der Waals surface area contributed by atoms with Gasteiger partial charge in [0.25, 0.3) is 12.3 Å². The first-order valence-electron chi connectivity index (χ1n) is 22.7. The van der Waals surface area contributed by atoms with Gasteiger partial charge in [0.2, 0.25) is 11.8 Å². The van der Waals surface area contributed by atoms with Gasteiger partial charge in [-0.15, -0.1) is 0 Å². The smallest absolute Gasteiger partial charge is 0.329 e. The van der Waals surface area contributed by atoms with Gasteiger partial charge in [0, 0.05) is 58.3 Å². The third kappa shape index (κ3) is 9.16. The SMILES string of the molecule is Cn1c(=O)n(C2CCC(=O)NC2=O)c2cccc(C3CC(O[C@H]4CCN(CC5CCC(N=C/C(NC(=O)/C(=C/N)c6nccc(N7C[C@H]8C[C@@H]7CO8)n6)=C(\N)C(F)F)CC5)C[C@H]4F)C3)c21. The van der Waals surface area contributed by atoms with E-state index in [0.717, 1.165) is 43.1 Å². The first kappa shape index (κ1) is 44.6. The quantitative estimate of drug-likeness (QED) is 0.111. The Morgan fingerprint density at radius 1 is 1.09 bits per heavy atom. The molecule has 4 saturated heterocycles. The molecule has 65 heavy (non-hydrogen) atoms. The molecule has 2 saturated carbocycles. The average molecular weight is 904 g/mol. The summed E-state index contributed by atoms with van der Waals surface area (Å²) in [6, 6.07) is 6.69. The van der Waals surface area contributed by atoms with E-state index < -0.39 is 42.3 Å². The summed E-state index contributed by atoms with van der Waals surface area (Å²) < 4.78 is 58.5. The van der Waals surface area contributed by atoms with Crippen molar-refractivity contribution >= 4 is 46.4 Å². The van der Waals surface area contributed by atoms with Crippen LogP contribution in [0.25, 0.3) is 16.6 Å².